The molecule has 1 saturated carbocycles. The highest BCUT2D eigenvalue weighted by molar-refractivity contribution is 7.18. The number of nitrogens with two attached hydrogens (primary N) is 1. The van der Waals surface area contributed by atoms with Gasteiger partial charge in [0.2, 0.25) is 0 Å². The van der Waals surface area contributed by atoms with Crippen LogP contribution in [0.25, 0.3) is 0 Å². The number of aryl methyl sites for hydroxylation is 2. The quantitative estimate of drug-likeness (QED) is 0.810. The van der Waals surface area contributed by atoms with E-state index < -0.39 is 0 Å². The Balaban J connectivity index is 1.74. The van der Waals surface area contributed by atoms with Crippen molar-refractivity contribution >= 4 is 33.9 Å². The van der Waals surface area contributed by atoms with Gasteiger partial charge in [0.1, 0.15) is 10.7 Å². The second kappa shape index (κ2) is 5.37. The summed E-state index contributed by atoms with van der Waals surface area (Å²) in [6, 6.07) is 6.32. The summed E-state index contributed by atoms with van der Waals surface area (Å²) in [4.78, 5) is 17.0. The van der Waals surface area contributed by atoms with Gasteiger partial charge < -0.3 is 16.4 Å². The first-order valence-corrected chi connectivity index (χ1v) is 7.76. The van der Waals surface area contributed by atoms with Gasteiger partial charge in [0.25, 0.3) is 5.91 Å². The molecule has 0 spiro atoms. The van der Waals surface area contributed by atoms with Gasteiger partial charge in [-0.15, -0.1) is 0 Å². The third-order valence-corrected chi connectivity index (χ3v) is 4.53. The van der Waals surface area contributed by atoms with Crippen molar-refractivity contribution in [3.8, 4) is 0 Å². The molecule has 2 aromatic rings. The summed E-state index contributed by atoms with van der Waals surface area (Å²) >= 11 is 1.30. The van der Waals surface area contributed by atoms with Crippen LogP contribution in [-0.4, -0.2) is 16.9 Å². The van der Waals surface area contributed by atoms with E-state index in [1.807, 2.05) is 32.0 Å². The first-order chi connectivity index (χ1) is 10.0. The van der Waals surface area contributed by atoms with E-state index in [2.05, 4.69) is 15.6 Å². The number of nitrogen functional groups attached to an aromatic ring is 1. The van der Waals surface area contributed by atoms with Gasteiger partial charge in [0.15, 0.2) is 5.13 Å². The molecule has 1 aromatic heterocycles. The molecule has 0 saturated heterocycles. The number of nitrogens with one attached hydrogen (secondary N) is 2. The number of hydrogen-bond donors (Lipinski definition) is 3. The largest absolute Gasteiger partial charge is 0.382 e. The van der Waals surface area contributed by atoms with Crippen molar-refractivity contribution < 1.29 is 4.79 Å². The molecule has 110 valence electrons. The third-order valence-electron chi connectivity index (χ3n) is 3.53. The molecule has 6 heteroatoms. The maximum atomic E-state index is 12.3. The van der Waals surface area contributed by atoms with E-state index in [0.717, 1.165) is 29.2 Å². The summed E-state index contributed by atoms with van der Waals surface area (Å²) < 4.78 is 0. The smallest absolute Gasteiger partial charge is 0.269 e. The van der Waals surface area contributed by atoms with Gasteiger partial charge in [0, 0.05) is 11.7 Å². The highest BCUT2D eigenvalue weighted by atomic mass is 32.1. The van der Waals surface area contributed by atoms with Gasteiger partial charge in [-0.25, -0.2) is 4.98 Å². The van der Waals surface area contributed by atoms with Crippen LogP contribution in [0, 0.1) is 13.8 Å². The zero-order valence-corrected chi connectivity index (χ0v) is 12.9. The molecule has 1 amide bonds. The van der Waals surface area contributed by atoms with Crippen LogP contribution in [0.2, 0.25) is 0 Å². The number of nitrogens with zero attached hydrogens (tertiary/aromatic N) is 1. The second-order valence-electron chi connectivity index (χ2n) is 5.41. The van der Waals surface area contributed by atoms with Crippen LogP contribution in [-0.2, 0) is 0 Å². The average molecular weight is 302 g/mol. The normalized spacial score (nSPS) is 14.0. The highest BCUT2D eigenvalue weighted by Crippen LogP contribution is 2.31. The molecule has 21 heavy (non-hydrogen) atoms. The van der Waals surface area contributed by atoms with Crippen LogP contribution in [0.4, 0.5) is 16.6 Å². The van der Waals surface area contributed by atoms with Crippen molar-refractivity contribution in [3.63, 3.8) is 0 Å². The molecule has 3 rings (SSSR count). The molecule has 1 aliphatic carbocycles. The highest BCUT2D eigenvalue weighted by Gasteiger charge is 2.24. The Labute approximate surface area is 127 Å². The van der Waals surface area contributed by atoms with E-state index in [1.165, 1.54) is 16.9 Å². The number of amides is 1. The summed E-state index contributed by atoms with van der Waals surface area (Å²) in [7, 11) is 0. The number of rotatable bonds is 4. The van der Waals surface area contributed by atoms with E-state index in [1.54, 1.807) is 0 Å². The summed E-state index contributed by atoms with van der Waals surface area (Å²) in [5, 5.41) is 6.86. The summed E-state index contributed by atoms with van der Waals surface area (Å²) in [6.45, 7) is 4.06. The summed E-state index contributed by atoms with van der Waals surface area (Å²) in [6.07, 6.45) is 2.31. The molecule has 0 aliphatic heterocycles. The van der Waals surface area contributed by atoms with Crippen molar-refractivity contribution in [1.29, 1.82) is 0 Å². The fourth-order valence-corrected chi connectivity index (χ4v) is 2.82. The molecule has 0 radical (unpaired) electrons. The molecular weight excluding hydrogens is 284 g/mol. The lowest BCUT2D eigenvalue weighted by Gasteiger charge is -2.06. The zero-order chi connectivity index (χ0) is 15.0. The van der Waals surface area contributed by atoms with E-state index in [4.69, 9.17) is 5.73 Å². The average Bonchev–Trinajstić information content (AvgIpc) is 3.16. The Morgan fingerprint density at radius 2 is 2.10 bits per heavy atom. The van der Waals surface area contributed by atoms with E-state index in [0.29, 0.717) is 10.9 Å². The first kappa shape index (κ1) is 13.9. The van der Waals surface area contributed by atoms with Crippen molar-refractivity contribution in [2.75, 3.05) is 16.4 Å². The Morgan fingerprint density at radius 3 is 2.76 bits per heavy atom. The van der Waals surface area contributed by atoms with Gasteiger partial charge in [0.05, 0.1) is 0 Å². The Bertz CT molecular complexity index is 691. The number of carbonyl (C=O) groups excluding carboxylic acids is 1. The lowest BCUT2D eigenvalue weighted by molar-refractivity contribution is 0.103. The molecule has 0 bridgehead atoms. The number of benzene rings is 1. The minimum Gasteiger partial charge on any atom is -0.382 e. The summed E-state index contributed by atoms with van der Waals surface area (Å²) in [5.41, 5.74) is 8.95. The maximum Gasteiger partial charge on any atom is 0.269 e. The zero-order valence-electron chi connectivity index (χ0n) is 12.1. The fraction of sp³-hybridized carbons (Fsp3) is 0.333. The first-order valence-electron chi connectivity index (χ1n) is 6.94. The van der Waals surface area contributed by atoms with Crippen LogP contribution in [0.15, 0.2) is 18.2 Å². The molecule has 4 N–H and O–H groups in total. The minimum absolute atomic E-state index is 0.211. The van der Waals surface area contributed by atoms with Crippen molar-refractivity contribution in [1.82, 2.24) is 4.98 Å². The lowest BCUT2D eigenvalue weighted by Crippen LogP contribution is -2.12. The monoisotopic (exact) mass is 302 g/mol. The summed E-state index contributed by atoms with van der Waals surface area (Å²) in [5.74, 6) is 0.0709. The van der Waals surface area contributed by atoms with Gasteiger partial charge in [-0.2, -0.15) is 0 Å². The number of hydrogen-bond acceptors (Lipinski definition) is 5. The van der Waals surface area contributed by atoms with Crippen LogP contribution >= 0.6 is 11.3 Å². The molecule has 0 unspecified atom stereocenters. The molecule has 0 atom stereocenters. The fourth-order valence-electron chi connectivity index (χ4n) is 1.97. The SMILES string of the molecule is Cc1ccc(NC(=O)c2sc(NC3CC3)nc2N)cc1C. The predicted molar refractivity (Wildman–Crippen MR) is 87.0 cm³/mol. The van der Waals surface area contributed by atoms with Gasteiger partial charge in [-0.3, -0.25) is 4.79 Å². The Kier molecular flexibility index (Phi) is 3.55. The van der Waals surface area contributed by atoms with Crippen molar-refractivity contribution in [2.24, 2.45) is 0 Å². The van der Waals surface area contributed by atoms with Crippen LogP contribution < -0.4 is 16.4 Å². The lowest BCUT2D eigenvalue weighted by atomic mass is 10.1. The maximum absolute atomic E-state index is 12.3. The second-order valence-corrected chi connectivity index (χ2v) is 6.40. The third kappa shape index (κ3) is 3.16. The van der Waals surface area contributed by atoms with E-state index >= 15 is 0 Å². The van der Waals surface area contributed by atoms with Crippen molar-refractivity contribution in [3.05, 3.63) is 34.2 Å². The standard InChI is InChI=1S/C15H18N4OS/c1-8-3-4-11(7-9(8)2)17-14(20)12-13(16)19-15(21-12)18-10-5-6-10/h3-4,7,10H,5-6,16H2,1-2H3,(H,17,20)(H,18,19). The van der Waals surface area contributed by atoms with Crippen LogP contribution in [0.1, 0.15) is 33.6 Å². The molecule has 1 fully saturated rings. The van der Waals surface area contributed by atoms with Gasteiger partial charge in [-0.05, 0) is 49.9 Å². The topological polar surface area (TPSA) is 80.0 Å². The molecule has 1 aliphatic rings. The van der Waals surface area contributed by atoms with Crippen LogP contribution in [0.5, 0.6) is 0 Å². The number of anilines is 3. The number of carbonyl (C=O) groups is 1. The van der Waals surface area contributed by atoms with E-state index in [-0.39, 0.29) is 11.7 Å². The molecular formula is C15H18N4OS. The molecule has 5 nitrogen and oxygen atoms in total. The molecule has 1 aromatic carbocycles. The molecule has 1 heterocycles. The van der Waals surface area contributed by atoms with Crippen LogP contribution in [0.3, 0.4) is 0 Å². The minimum atomic E-state index is -0.211. The van der Waals surface area contributed by atoms with Crippen molar-refractivity contribution in [2.45, 2.75) is 32.7 Å². The predicted octanol–water partition coefficient (Wildman–Crippen LogP) is 3.17. The number of aromatic nitrogens is 1. The van der Waals surface area contributed by atoms with Gasteiger partial charge in [-0.1, -0.05) is 17.4 Å². The Morgan fingerprint density at radius 1 is 1.33 bits per heavy atom. The van der Waals surface area contributed by atoms with Gasteiger partial charge >= 0.3 is 0 Å². The number of thiazole rings is 1. The Hall–Kier alpha value is -2.08. The van der Waals surface area contributed by atoms with E-state index in [9.17, 15) is 4.79 Å².